The van der Waals surface area contributed by atoms with Gasteiger partial charge in [-0.15, -0.1) is 0 Å². The Labute approximate surface area is 183 Å². The third-order valence-corrected chi connectivity index (χ3v) is 6.67. The Morgan fingerprint density at radius 2 is 1.59 bits per heavy atom. The number of benzene rings is 1. The van der Waals surface area contributed by atoms with Crippen molar-refractivity contribution in [3.8, 4) is 0 Å². The Bertz CT molecular complexity index is 679. The van der Waals surface area contributed by atoms with Gasteiger partial charge in [-0.25, -0.2) is 0 Å². The second-order valence-electron chi connectivity index (χ2n) is 7.79. The Hall–Kier alpha value is -0.890. The largest absolute Gasteiger partial charge is 0.379 e. The van der Waals surface area contributed by atoms with Crippen LogP contribution in [0.3, 0.4) is 0 Å². The number of morpholine rings is 2. The number of rotatable bonds is 7. The summed E-state index contributed by atoms with van der Waals surface area (Å²) in [5.41, 5.74) is 1.00. The van der Waals surface area contributed by atoms with Gasteiger partial charge in [0, 0.05) is 50.7 Å². The van der Waals surface area contributed by atoms with E-state index in [0.29, 0.717) is 29.7 Å². The summed E-state index contributed by atoms with van der Waals surface area (Å²) in [6.07, 6.45) is 0.373. The molecule has 2 fully saturated rings. The average Bonchev–Trinajstić information content (AvgIpc) is 2.74. The first kappa shape index (κ1) is 22.8. The van der Waals surface area contributed by atoms with Gasteiger partial charge in [0.15, 0.2) is 0 Å². The molecule has 1 aromatic carbocycles. The minimum absolute atomic E-state index is 0.0418. The van der Waals surface area contributed by atoms with Gasteiger partial charge in [0.1, 0.15) is 0 Å². The zero-order valence-electron chi connectivity index (χ0n) is 17.2. The highest BCUT2D eigenvalue weighted by atomic mass is 35.5. The third-order valence-electron chi connectivity index (χ3n) is 5.93. The summed E-state index contributed by atoms with van der Waals surface area (Å²) in [6, 6.07) is 5.89. The molecule has 162 valence electrons. The predicted octanol–water partition coefficient (Wildman–Crippen LogP) is 2.98. The molecule has 2 saturated heterocycles. The fourth-order valence-electron chi connectivity index (χ4n) is 3.98. The van der Waals surface area contributed by atoms with E-state index < -0.39 is 0 Å². The molecule has 3 atom stereocenters. The summed E-state index contributed by atoms with van der Waals surface area (Å²) in [6.45, 7) is 10.5. The topological polar surface area (TPSA) is 54.0 Å². The van der Waals surface area contributed by atoms with Gasteiger partial charge in [-0.05, 0) is 31.5 Å². The second kappa shape index (κ2) is 10.9. The van der Waals surface area contributed by atoms with E-state index in [9.17, 15) is 4.79 Å². The minimum Gasteiger partial charge on any atom is -0.379 e. The first-order valence-corrected chi connectivity index (χ1v) is 11.1. The number of hydrogen-bond donors (Lipinski definition) is 1. The highest BCUT2D eigenvalue weighted by Crippen LogP contribution is 2.31. The number of carbonyl (C=O) groups excluding carboxylic acids is 1. The normalized spacial score (nSPS) is 22.1. The summed E-state index contributed by atoms with van der Waals surface area (Å²) in [5, 5.41) is 4.24. The quantitative estimate of drug-likeness (QED) is 0.701. The molecule has 2 heterocycles. The maximum absolute atomic E-state index is 12.9. The molecule has 29 heavy (non-hydrogen) atoms. The molecule has 2 aliphatic rings. The zero-order valence-corrected chi connectivity index (χ0v) is 18.7. The van der Waals surface area contributed by atoms with Crippen LogP contribution in [-0.2, 0) is 14.3 Å². The van der Waals surface area contributed by atoms with E-state index in [-0.39, 0.29) is 24.0 Å². The molecule has 3 rings (SSSR count). The number of carbonyl (C=O) groups is 1. The van der Waals surface area contributed by atoms with Crippen molar-refractivity contribution in [1.82, 2.24) is 15.1 Å². The molecule has 0 aromatic heterocycles. The van der Waals surface area contributed by atoms with Gasteiger partial charge < -0.3 is 14.8 Å². The summed E-state index contributed by atoms with van der Waals surface area (Å²) < 4.78 is 10.9. The maximum atomic E-state index is 12.9. The molecule has 0 aliphatic carbocycles. The molecule has 0 radical (unpaired) electrons. The highest BCUT2D eigenvalue weighted by molar-refractivity contribution is 6.42. The number of hydrogen-bond acceptors (Lipinski definition) is 5. The van der Waals surface area contributed by atoms with Gasteiger partial charge in [-0.2, -0.15) is 0 Å². The van der Waals surface area contributed by atoms with Gasteiger partial charge in [0.2, 0.25) is 5.91 Å². The van der Waals surface area contributed by atoms with Crippen molar-refractivity contribution in [3.63, 3.8) is 0 Å². The van der Waals surface area contributed by atoms with Gasteiger partial charge in [-0.1, -0.05) is 29.3 Å². The van der Waals surface area contributed by atoms with E-state index >= 15 is 0 Å². The smallest absolute Gasteiger partial charge is 0.222 e. The lowest BCUT2D eigenvalue weighted by Gasteiger charge is -2.37. The van der Waals surface area contributed by atoms with Crippen LogP contribution in [-0.4, -0.2) is 80.4 Å². The lowest BCUT2D eigenvalue weighted by molar-refractivity contribution is -0.124. The Balaban J connectivity index is 1.66. The van der Waals surface area contributed by atoms with Crippen LogP contribution in [0.25, 0.3) is 0 Å². The van der Waals surface area contributed by atoms with Crippen LogP contribution < -0.4 is 5.32 Å². The number of amides is 1. The average molecular weight is 444 g/mol. The molecule has 2 aliphatic heterocycles. The van der Waals surface area contributed by atoms with Gasteiger partial charge in [0.05, 0.1) is 36.5 Å². The zero-order chi connectivity index (χ0) is 20.8. The highest BCUT2D eigenvalue weighted by Gasteiger charge is 2.28. The molecular formula is C21H31Cl2N3O3. The molecule has 6 nitrogen and oxygen atoms in total. The standard InChI is InChI=1S/C21H31Cl2N3O3/c1-15(16(2)25-5-9-28-10-6-25)24-21(27)14-20(26-7-11-29-12-8-26)17-3-4-18(22)19(23)13-17/h3-4,13,15-16,20H,5-12,14H2,1-2H3,(H,24,27)/t15-,16-,20+/m0/s1. The fraction of sp³-hybridized carbons (Fsp3) is 0.667. The maximum Gasteiger partial charge on any atom is 0.222 e. The summed E-state index contributed by atoms with van der Waals surface area (Å²) in [4.78, 5) is 17.6. The second-order valence-corrected chi connectivity index (χ2v) is 8.60. The van der Waals surface area contributed by atoms with Crippen LogP contribution in [0.4, 0.5) is 0 Å². The number of nitrogens with one attached hydrogen (secondary N) is 1. The molecule has 8 heteroatoms. The van der Waals surface area contributed by atoms with Crippen molar-refractivity contribution < 1.29 is 14.3 Å². The van der Waals surface area contributed by atoms with Crippen LogP contribution in [0.5, 0.6) is 0 Å². The van der Waals surface area contributed by atoms with Crippen molar-refractivity contribution in [1.29, 1.82) is 0 Å². The van der Waals surface area contributed by atoms with E-state index in [0.717, 1.165) is 45.0 Å². The van der Waals surface area contributed by atoms with Gasteiger partial charge in [-0.3, -0.25) is 14.6 Å². The van der Waals surface area contributed by atoms with E-state index in [2.05, 4.69) is 29.0 Å². The van der Waals surface area contributed by atoms with Crippen LogP contribution in [0, 0.1) is 0 Å². The summed E-state index contributed by atoms with van der Waals surface area (Å²) >= 11 is 12.3. The van der Waals surface area contributed by atoms with Crippen LogP contribution in [0.1, 0.15) is 31.9 Å². The van der Waals surface area contributed by atoms with Crippen molar-refractivity contribution in [3.05, 3.63) is 33.8 Å². The molecule has 1 amide bonds. The number of ether oxygens (including phenoxy) is 2. The van der Waals surface area contributed by atoms with Crippen molar-refractivity contribution >= 4 is 29.1 Å². The number of halogens is 2. The van der Waals surface area contributed by atoms with E-state index in [1.807, 2.05) is 12.1 Å². The van der Waals surface area contributed by atoms with Gasteiger partial charge in [0.25, 0.3) is 0 Å². The first-order chi connectivity index (χ1) is 14.0. The lowest BCUT2D eigenvalue weighted by atomic mass is 10.0. The summed E-state index contributed by atoms with van der Waals surface area (Å²) in [7, 11) is 0. The van der Waals surface area contributed by atoms with E-state index in [1.54, 1.807) is 6.07 Å². The monoisotopic (exact) mass is 443 g/mol. The SMILES string of the molecule is C[C@H](NC(=O)C[C@H](c1ccc(Cl)c(Cl)c1)N1CCOCC1)[C@H](C)N1CCOCC1. The number of nitrogens with zero attached hydrogens (tertiary/aromatic N) is 2. The van der Waals surface area contributed by atoms with Crippen molar-refractivity contribution in [2.24, 2.45) is 0 Å². The molecule has 0 saturated carbocycles. The van der Waals surface area contributed by atoms with Crippen molar-refractivity contribution in [2.45, 2.75) is 38.4 Å². The van der Waals surface area contributed by atoms with Gasteiger partial charge >= 0.3 is 0 Å². The molecular weight excluding hydrogens is 413 g/mol. The molecule has 1 N–H and O–H groups in total. The van der Waals surface area contributed by atoms with E-state index in [1.165, 1.54) is 0 Å². The summed E-state index contributed by atoms with van der Waals surface area (Å²) in [5.74, 6) is 0.0418. The van der Waals surface area contributed by atoms with Crippen LogP contribution in [0.15, 0.2) is 18.2 Å². The van der Waals surface area contributed by atoms with Crippen LogP contribution in [0.2, 0.25) is 10.0 Å². The Kier molecular flexibility index (Phi) is 8.59. The Morgan fingerprint density at radius 3 is 2.17 bits per heavy atom. The minimum atomic E-state index is -0.0560. The lowest BCUT2D eigenvalue weighted by Crippen LogP contribution is -2.52. The molecule has 0 spiro atoms. The molecule has 0 bridgehead atoms. The van der Waals surface area contributed by atoms with Crippen LogP contribution >= 0.6 is 23.2 Å². The van der Waals surface area contributed by atoms with Crippen molar-refractivity contribution in [2.75, 3.05) is 52.6 Å². The third kappa shape index (κ3) is 6.29. The molecule has 0 unspecified atom stereocenters. The fourth-order valence-corrected chi connectivity index (χ4v) is 4.28. The van der Waals surface area contributed by atoms with E-state index in [4.69, 9.17) is 32.7 Å². The first-order valence-electron chi connectivity index (χ1n) is 10.3. The predicted molar refractivity (Wildman–Crippen MR) is 116 cm³/mol. The Morgan fingerprint density at radius 1 is 1.00 bits per heavy atom. The molecule has 1 aromatic rings.